The molecule has 0 radical (unpaired) electrons. The number of hydrogen-bond donors (Lipinski definition) is 1. The smallest absolute Gasteiger partial charge is 0.187 e. The molecule has 0 fully saturated rings. The minimum absolute atomic E-state index is 0.773. The molecule has 0 bridgehead atoms. The Kier molecular flexibility index (Phi) is 4.99. The Bertz CT molecular complexity index is 502. The third-order valence-corrected chi connectivity index (χ3v) is 3.67. The van der Waals surface area contributed by atoms with Crippen LogP contribution in [0, 0.1) is 0 Å². The molecule has 0 aliphatic carbocycles. The molecule has 0 spiro atoms. The highest BCUT2D eigenvalue weighted by molar-refractivity contribution is 7.98. The van der Waals surface area contributed by atoms with Gasteiger partial charge in [-0.1, -0.05) is 41.6 Å². The lowest BCUT2D eigenvalue weighted by Crippen LogP contribution is -2.05. The number of halogens is 1. The molecule has 0 atom stereocenters. The first-order valence-electron chi connectivity index (χ1n) is 5.61. The number of nitrogens with zero attached hydrogens (tertiary/aromatic N) is 2. The van der Waals surface area contributed by atoms with Crippen molar-refractivity contribution in [1.29, 1.82) is 0 Å². The highest BCUT2D eigenvalue weighted by Gasteiger charge is 2.02. The van der Waals surface area contributed by atoms with E-state index in [1.807, 2.05) is 43.7 Å². The van der Waals surface area contributed by atoms with E-state index >= 15 is 0 Å². The molecule has 0 aliphatic heterocycles. The minimum Gasteiger partial charge on any atom is -0.316 e. The number of benzene rings is 1. The van der Waals surface area contributed by atoms with Gasteiger partial charge in [-0.05, 0) is 18.7 Å². The van der Waals surface area contributed by atoms with Crippen molar-refractivity contribution in [2.75, 3.05) is 7.05 Å². The molecule has 1 aromatic carbocycles. The van der Waals surface area contributed by atoms with Gasteiger partial charge in [-0.3, -0.25) is 0 Å². The Labute approximate surface area is 116 Å². The molecule has 1 aromatic heterocycles. The molecule has 2 rings (SSSR count). The standard InChI is InChI=1S/C13H14ClN3S/c1-15-6-10-7-16-13(17-8-10)18-9-11-4-2-3-5-12(11)14/h2-5,7-8,15H,6,9H2,1H3. The van der Waals surface area contributed by atoms with Crippen molar-refractivity contribution >= 4 is 23.4 Å². The molecule has 2 aromatic rings. The fourth-order valence-electron chi connectivity index (χ4n) is 1.47. The molecule has 0 aliphatic rings. The summed E-state index contributed by atoms with van der Waals surface area (Å²) in [6, 6.07) is 7.83. The van der Waals surface area contributed by atoms with E-state index in [4.69, 9.17) is 11.6 Å². The summed E-state index contributed by atoms with van der Waals surface area (Å²) in [4.78, 5) is 8.62. The second kappa shape index (κ2) is 6.73. The van der Waals surface area contributed by atoms with E-state index in [1.54, 1.807) is 11.8 Å². The van der Waals surface area contributed by atoms with Crippen LogP contribution in [0.25, 0.3) is 0 Å². The molecule has 1 heterocycles. The number of thioether (sulfide) groups is 1. The van der Waals surface area contributed by atoms with Gasteiger partial charge in [0.05, 0.1) is 0 Å². The van der Waals surface area contributed by atoms with Gasteiger partial charge in [-0.2, -0.15) is 0 Å². The number of hydrogen-bond acceptors (Lipinski definition) is 4. The Morgan fingerprint density at radius 1 is 1.22 bits per heavy atom. The maximum Gasteiger partial charge on any atom is 0.187 e. The van der Waals surface area contributed by atoms with Crippen LogP contribution in [0.1, 0.15) is 11.1 Å². The van der Waals surface area contributed by atoms with Crippen molar-refractivity contribution in [3.63, 3.8) is 0 Å². The molecule has 0 saturated heterocycles. The molecule has 0 amide bonds. The SMILES string of the molecule is CNCc1cnc(SCc2ccccc2Cl)nc1. The second-order valence-corrected chi connectivity index (χ2v) is 5.13. The maximum atomic E-state index is 6.09. The molecule has 0 saturated carbocycles. The van der Waals surface area contributed by atoms with Gasteiger partial charge in [0.2, 0.25) is 0 Å². The van der Waals surface area contributed by atoms with Crippen LogP contribution in [0.3, 0.4) is 0 Å². The fourth-order valence-corrected chi connectivity index (χ4v) is 2.54. The quantitative estimate of drug-likeness (QED) is 0.674. The molecule has 5 heteroatoms. The lowest BCUT2D eigenvalue weighted by Gasteiger charge is -2.04. The van der Waals surface area contributed by atoms with Crippen LogP contribution in [0.15, 0.2) is 41.8 Å². The van der Waals surface area contributed by atoms with Crippen LogP contribution in [-0.4, -0.2) is 17.0 Å². The van der Waals surface area contributed by atoms with Gasteiger partial charge in [0.1, 0.15) is 0 Å². The van der Waals surface area contributed by atoms with E-state index in [1.165, 1.54) is 0 Å². The highest BCUT2D eigenvalue weighted by atomic mass is 35.5. The summed E-state index contributed by atoms with van der Waals surface area (Å²) in [6.07, 6.45) is 3.69. The minimum atomic E-state index is 0.773. The fraction of sp³-hybridized carbons (Fsp3) is 0.231. The summed E-state index contributed by atoms with van der Waals surface area (Å²) in [7, 11) is 1.90. The molecular weight excluding hydrogens is 266 g/mol. The van der Waals surface area contributed by atoms with Crippen LogP contribution in [0.5, 0.6) is 0 Å². The molecule has 94 valence electrons. The van der Waals surface area contributed by atoms with E-state index in [2.05, 4.69) is 15.3 Å². The summed E-state index contributed by atoms with van der Waals surface area (Å²) in [5.74, 6) is 0.783. The predicted molar refractivity (Wildman–Crippen MR) is 75.8 cm³/mol. The Morgan fingerprint density at radius 3 is 2.61 bits per heavy atom. The van der Waals surface area contributed by atoms with E-state index in [0.29, 0.717) is 0 Å². The molecule has 0 unspecified atom stereocenters. The summed E-state index contributed by atoms with van der Waals surface area (Å²) < 4.78 is 0. The molecule has 3 nitrogen and oxygen atoms in total. The van der Waals surface area contributed by atoms with E-state index in [-0.39, 0.29) is 0 Å². The van der Waals surface area contributed by atoms with Crippen LogP contribution in [-0.2, 0) is 12.3 Å². The first kappa shape index (κ1) is 13.3. The summed E-state index contributed by atoms with van der Waals surface area (Å²) >= 11 is 7.68. The van der Waals surface area contributed by atoms with E-state index < -0.39 is 0 Å². The zero-order valence-electron chi connectivity index (χ0n) is 10.1. The first-order valence-corrected chi connectivity index (χ1v) is 6.97. The largest absolute Gasteiger partial charge is 0.316 e. The second-order valence-electron chi connectivity index (χ2n) is 3.78. The first-order chi connectivity index (χ1) is 8.79. The maximum absolute atomic E-state index is 6.09. The monoisotopic (exact) mass is 279 g/mol. The van der Waals surface area contributed by atoms with Crippen molar-refractivity contribution in [3.05, 3.63) is 52.8 Å². The normalized spacial score (nSPS) is 10.6. The zero-order valence-corrected chi connectivity index (χ0v) is 11.6. The Hall–Kier alpha value is -1.10. The van der Waals surface area contributed by atoms with Crippen molar-refractivity contribution in [2.24, 2.45) is 0 Å². The number of rotatable bonds is 5. The third kappa shape index (κ3) is 3.70. The predicted octanol–water partition coefficient (Wildman–Crippen LogP) is 3.14. The van der Waals surface area contributed by atoms with E-state index in [0.717, 1.165) is 33.6 Å². The van der Waals surface area contributed by atoms with Gasteiger partial charge in [0.15, 0.2) is 5.16 Å². The Balaban J connectivity index is 1.96. The summed E-state index contributed by atoms with van der Waals surface area (Å²) in [5.41, 5.74) is 2.19. The molecule has 18 heavy (non-hydrogen) atoms. The van der Waals surface area contributed by atoms with Crippen LogP contribution in [0.4, 0.5) is 0 Å². The zero-order chi connectivity index (χ0) is 12.8. The lowest BCUT2D eigenvalue weighted by molar-refractivity contribution is 0.793. The van der Waals surface area contributed by atoms with Gasteiger partial charge in [0.25, 0.3) is 0 Å². The van der Waals surface area contributed by atoms with Gasteiger partial charge in [-0.15, -0.1) is 0 Å². The van der Waals surface area contributed by atoms with Crippen LogP contribution in [0.2, 0.25) is 5.02 Å². The topological polar surface area (TPSA) is 37.8 Å². The van der Waals surface area contributed by atoms with E-state index in [9.17, 15) is 0 Å². The lowest BCUT2D eigenvalue weighted by atomic mass is 10.2. The highest BCUT2D eigenvalue weighted by Crippen LogP contribution is 2.23. The number of aromatic nitrogens is 2. The van der Waals surface area contributed by atoms with Crippen molar-refractivity contribution in [2.45, 2.75) is 17.5 Å². The van der Waals surface area contributed by atoms with Crippen molar-refractivity contribution < 1.29 is 0 Å². The average molecular weight is 280 g/mol. The van der Waals surface area contributed by atoms with Gasteiger partial charge >= 0.3 is 0 Å². The average Bonchev–Trinajstić information content (AvgIpc) is 2.40. The summed E-state index contributed by atoms with van der Waals surface area (Å²) in [6.45, 7) is 0.787. The van der Waals surface area contributed by atoms with Gasteiger partial charge in [-0.25, -0.2) is 9.97 Å². The number of nitrogens with one attached hydrogen (secondary N) is 1. The Morgan fingerprint density at radius 2 is 1.94 bits per heavy atom. The molecular formula is C13H14ClN3S. The van der Waals surface area contributed by atoms with Gasteiger partial charge < -0.3 is 5.32 Å². The van der Waals surface area contributed by atoms with Crippen molar-refractivity contribution in [3.8, 4) is 0 Å². The van der Waals surface area contributed by atoms with Crippen molar-refractivity contribution in [1.82, 2.24) is 15.3 Å². The van der Waals surface area contributed by atoms with Gasteiger partial charge in [0, 0.05) is 35.3 Å². The third-order valence-electron chi connectivity index (χ3n) is 2.38. The molecule has 1 N–H and O–H groups in total. The van der Waals surface area contributed by atoms with Crippen LogP contribution < -0.4 is 5.32 Å². The van der Waals surface area contributed by atoms with Crippen LogP contribution >= 0.6 is 23.4 Å². The summed E-state index contributed by atoms with van der Waals surface area (Å²) in [5, 5.41) is 4.63.